The van der Waals surface area contributed by atoms with Gasteiger partial charge in [0.15, 0.2) is 0 Å². The lowest BCUT2D eigenvalue weighted by atomic mass is 10.0. The molecule has 1 aliphatic rings. The van der Waals surface area contributed by atoms with Gasteiger partial charge in [0.2, 0.25) is 0 Å². The maximum absolute atomic E-state index is 2.45. The Bertz CT molecular complexity index is 2290. The lowest BCUT2D eigenvalue weighted by Crippen LogP contribution is -2.09. The van der Waals surface area contributed by atoms with Crippen LogP contribution in [-0.4, -0.2) is 4.57 Å². The van der Waals surface area contributed by atoms with Crippen LogP contribution in [0.25, 0.3) is 60.5 Å². The zero-order valence-corrected chi connectivity index (χ0v) is 22.9. The topological polar surface area (TPSA) is 8.17 Å². The van der Waals surface area contributed by atoms with Crippen LogP contribution in [-0.2, 0) is 0 Å². The molecule has 2 nitrogen and oxygen atoms in total. The van der Waals surface area contributed by atoms with Crippen molar-refractivity contribution in [3.8, 4) is 28.1 Å². The first-order valence-electron chi connectivity index (χ1n) is 14.5. The second-order valence-corrected chi connectivity index (χ2v) is 11.0. The molecule has 9 rings (SSSR count). The van der Waals surface area contributed by atoms with E-state index >= 15 is 0 Å². The number of benzene rings is 7. The van der Waals surface area contributed by atoms with Crippen molar-refractivity contribution >= 4 is 49.5 Å². The van der Waals surface area contributed by atoms with E-state index in [2.05, 4.69) is 167 Å². The zero-order valence-electron chi connectivity index (χ0n) is 22.9. The molecule has 7 aromatic carbocycles. The van der Waals surface area contributed by atoms with Gasteiger partial charge >= 0.3 is 0 Å². The zero-order chi connectivity index (χ0) is 27.6. The Kier molecular flexibility index (Phi) is 4.93. The van der Waals surface area contributed by atoms with E-state index in [1.807, 2.05) is 0 Å². The lowest BCUT2D eigenvalue weighted by Gasteiger charge is -2.26. The minimum absolute atomic E-state index is 1.14. The van der Waals surface area contributed by atoms with Crippen LogP contribution in [0.5, 0.6) is 0 Å². The summed E-state index contributed by atoms with van der Waals surface area (Å²) in [6.07, 6.45) is 0. The molecule has 0 aliphatic heterocycles. The lowest BCUT2D eigenvalue weighted by molar-refractivity contribution is 1.14. The molecule has 0 saturated heterocycles. The van der Waals surface area contributed by atoms with Gasteiger partial charge in [0.25, 0.3) is 0 Å². The molecule has 0 saturated carbocycles. The monoisotopic (exact) mass is 534 g/mol. The van der Waals surface area contributed by atoms with E-state index < -0.39 is 0 Å². The van der Waals surface area contributed by atoms with Gasteiger partial charge in [-0.05, 0) is 81.7 Å². The predicted octanol–water partition coefficient (Wildman–Crippen LogP) is 11.1. The van der Waals surface area contributed by atoms with Crippen molar-refractivity contribution in [1.29, 1.82) is 0 Å². The summed E-state index contributed by atoms with van der Waals surface area (Å²) in [6.45, 7) is 0. The Hall–Kier alpha value is -5.60. The predicted molar refractivity (Wildman–Crippen MR) is 177 cm³/mol. The maximum Gasteiger partial charge on any atom is 0.0626 e. The van der Waals surface area contributed by atoms with Gasteiger partial charge in [-0.15, -0.1) is 0 Å². The summed E-state index contributed by atoms with van der Waals surface area (Å²) in [7, 11) is 0. The Morgan fingerprint density at radius 2 is 1.07 bits per heavy atom. The van der Waals surface area contributed by atoms with Crippen LogP contribution in [0, 0.1) is 0 Å². The molecule has 0 atom stereocenters. The highest BCUT2D eigenvalue weighted by Crippen LogP contribution is 2.53. The first-order chi connectivity index (χ1) is 20.8. The highest BCUT2D eigenvalue weighted by atomic mass is 15.1. The van der Waals surface area contributed by atoms with E-state index in [1.165, 1.54) is 60.5 Å². The molecule has 0 unspecified atom stereocenters. The van der Waals surface area contributed by atoms with E-state index in [0.29, 0.717) is 0 Å². The molecule has 0 N–H and O–H groups in total. The summed E-state index contributed by atoms with van der Waals surface area (Å²) in [6, 6.07) is 57.1. The summed E-state index contributed by atoms with van der Waals surface area (Å²) < 4.78 is 2.45. The largest absolute Gasteiger partial charge is 0.310 e. The molecule has 1 heterocycles. The second kappa shape index (κ2) is 8.95. The van der Waals surface area contributed by atoms with Crippen molar-refractivity contribution < 1.29 is 0 Å². The molecule has 0 spiro atoms. The molecule has 8 aromatic rings. The molecule has 1 aliphatic carbocycles. The molecule has 0 bridgehead atoms. The molecule has 0 fully saturated rings. The molecular weight excluding hydrogens is 508 g/mol. The number of nitrogens with zero attached hydrogens (tertiary/aromatic N) is 2. The first-order valence-corrected chi connectivity index (χ1v) is 14.5. The Labute approximate surface area is 244 Å². The van der Waals surface area contributed by atoms with E-state index in [4.69, 9.17) is 0 Å². The summed E-state index contributed by atoms with van der Waals surface area (Å²) >= 11 is 0. The normalized spacial score (nSPS) is 11.8. The van der Waals surface area contributed by atoms with Crippen LogP contribution in [0.1, 0.15) is 0 Å². The van der Waals surface area contributed by atoms with Crippen LogP contribution >= 0.6 is 0 Å². The summed E-state index contributed by atoms with van der Waals surface area (Å²) in [5, 5.41) is 6.36. The molecule has 42 heavy (non-hydrogen) atoms. The third kappa shape index (κ3) is 3.33. The van der Waals surface area contributed by atoms with Gasteiger partial charge in [-0.2, -0.15) is 0 Å². The Morgan fingerprint density at radius 1 is 0.429 bits per heavy atom. The Morgan fingerprint density at radius 3 is 1.88 bits per heavy atom. The standard InChI is InChI=1S/C40H26N2/c1-3-15-30(16-4-1)41(32-22-21-27-11-7-8-12-29(27)25-32)33-23-24-37-36(26-33)39-34-19-9-13-28-14-10-20-35(38(28)34)40(39)42(37)31-17-5-2-6-18-31/h1-26H. The second-order valence-electron chi connectivity index (χ2n) is 11.0. The van der Waals surface area contributed by atoms with Crippen molar-refractivity contribution in [2.75, 3.05) is 4.90 Å². The molecular formula is C40H26N2. The minimum atomic E-state index is 1.14. The van der Waals surface area contributed by atoms with Crippen LogP contribution in [0.4, 0.5) is 17.1 Å². The maximum atomic E-state index is 2.45. The van der Waals surface area contributed by atoms with E-state index in [9.17, 15) is 0 Å². The molecule has 1 aromatic heterocycles. The molecule has 2 heteroatoms. The Balaban J connectivity index is 1.35. The molecule has 0 amide bonds. The number of fused-ring (bicyclic) bond motifs is 6. The summed E-state index contributed by atoms with van der Waals surface area (Å²) in [5.41, 5.74) is 11.0. The van der Waals surface area contributed by atoms with Gasteiger partial charge in [0.05, 0.1) is 11.2 Å². The van der Waals surface area contributed by atoms with Gasteiger partial charge in [-0.1, -0.05) is 103 Å². The van der Waals surface area contributed by atoms with Crippen LogP contribution in [0.3, 0.4) is 0 Å². The van der Waals surface area contributed by atoms with Crippen LogP contribution in [0.2, 0.25) is 0 Å². The number of anilines is 3. The van der Waals surface area contributed by atoms with Crippen molar-refractivity contribution in [2.45, 2.75) is 0 Å². The van der Waals surface area contributed by atoms with Crippen molar-refractivity contribution in [3.05, 3.63) is 158 Å². The average molecular weight is 535 g/mol. The van der Waals surface area contributed by atoms with Gasteiger partial charge in [0.1, 0.15) is 0 Å². The quantitative estimate of drug-likeness (QED) is 0.218. The average Bonchev–Trinajstić information content (AvgIpc) is 3.56. The van der Waals surface area contributed by atoms with Crippen LogP contribution < -0.4 is 4.90 Å². The summed E-state index contributed by atoms with van der Waals surface area (Å²) in [5.74, 6) is 0. The van der Waals surface area contributed by atoms with E-state index in [0.717, 1.165) is 17.1 Å². The van der Waals surface area contributed by atoms with E-state index in [1.54, 1.807) is 0 Å². The fourth-order valence-corrected chi connectivity index (χ4v) is 6.88. The molecule has 0 radical (unpaired) electrons. The highest BCUT2D eigenvalue weighted by molar-refractivity contribution is 6.22. The minimum Gasteiger partial charge on any atom is -0.310 e. The van der Waals surface area contributed by atoms with Crippen molar-refractivity contribution in [1.82, 2.24) is 4.57 Å². The number of para-hydroxylation sites is 2. The first kappa shape index (κ1) is 23.1. The van der Waals surface area contributed by atoms with E-state index in [-0.39, 0.29) is 0 Å². The van der Waals surface area contributed by atoms with Crippen molar-refractivity contribution in [3.63, 3.8) is 0 Å². The van der Waals surface area contributed by atoms with Gasteiger partial charge in [0, 0.05) is 39.3 Å². The molecule has 196 valence electrons. The number of aromatic nitrogens is 1. The third-order valence-corrected chi connectivity index (χ3v) is 8.66. The summed E-state index contributed by atoms with van der Waals surface area (Å²) in [4.78, 5) is 2.38. The highest BCUT2D eigenvalue weighted by Gasteiger charge is 2.29. The fraction of sp³-hybridized carbons (Fsp3) is 0. The smallest absolute Gasteiger partial charge is 0.0626 e. The fourth-order valence-electron chi connectivity index (χ4n) is 6.88. The number of hydrogen-bond acceptors (Lipinski definition) is 1. The third-order valence-electron chi connectivity index (χ3n) is 8.66. The van der Waals surface area contributed by atoms with Gasteiger partial charge in [-0.3, -0.25) is 0 Å². The van der Waals surface area contributed by atoms with Gasteiger partial charge < -0.3 is 9.47 Å². The number of rotatable bonds is 4. The van der Waals surface area contributed by atoms with Crippen molar-refractivity contribution in [2.24, 2.45) is 0 Å². The SMILES string of the molecule is c1ccc(N(c2ccc3ccccc3c2)c2ccc3c(c2)c2c(n3-c3ccccc3)-c3cccc4cccc-2c34)cc1. The van der Waals surface area contributed by atoms with Crippen LogP contribution in [0.15, 0.2) is 158 Å². The van der Waals surface area contributed by atoms with Gasteiger partial charge in [-0.25, -0.2) is 0 Å². The number of hydrogen-bond donors (Lipinski definition) is 0.